The molecule has 0 radical (unpaired) electrons. The number of fused-ring (bicyclic) bond motifs is 1. The second-order valence-corrected chi connectivity index (χ2v) is 19.1. The Morgan fingerprint density at radius 3 is 1.26 bits per heavy atom. The van der Waals surface area contributed by atoms with E-state index in [2.05, 4.69) is 0 Å². The molecule has 0 bridgehead atoms. The van der Waals surface area contributed by atoms with Crippen LogP contribution in [-0.2, 0) is 52.1 Å². The molecule has 72 heavy (non-hydrogen) atoms. The minimum Gasteiger partial charge on any atom is -0.459 e. The third-order valence-electron chi connectivity index (χ3n) is 11.3. The van der Waals surface area contributed by atoms with Crippen LogP contribution < -0.4 is 0 Å². The van der Waals surface area contributed by atoms with Crippen molar-refractivity contribution in [3.63, 3.8) is 0 Å². The fraction of sp³-hybridized carbons (Fsp3) is 0.308. The first-order valence-electron chi connectivity index (χ1n) is 22.4. The van der Waals surface area contributed by atoms with E-state index >= 15 is 0 Å². The molecule has 20 heteroatoms. The highest BCUT2D eigenvalue weighted by Crippen LogP contribution is 2.42. The Balaban J connectivity index is 1.24. The largest absolute Gasteiger partial charge is 0.459 e. The van der Waals surface area contributed by atoms with E-state index in [1.165, 1.54) is 48.5 Å². The lowest BCUT2D eigenvalue weighted by atomic mass is 9.96. The lowest BCUT2D eigenvalue weighted by Crippen LogP contribution is -2.66. The van der Waals surface area contributed by atoms with Gasteiger partial charge in [-0.05, 0) is 74.5 Å². The summed E-state index contributed by atoms with van der Waals surface area (Å²) < 4.78 is 66.1. The molecule has 376 valence electrons. The molecule has 3 aliphatic heterocycles. The zero-order valence-corrected chi connectivity index (χ0v) is 40.6. The minimum absolute atomic E-state index is 0.0277. The van der Waals surface area contributed by atoms with Crippen molar-refractivity contribution in [2.24, 2.45) is 0 Å². The first-order chi connectivity index (χ1) is 34.5. The van der Waals surface area contributed by atoms with Crippen LogP contribution in [0.3, 0.4) is 0 Å². The molecule has 10 atom stereocenters. The topological polar surface area (TPSA) is 211 Å². The number of carbonyl (C=O) groups is 5. The zero-order valence-electron chi connectivity index (χ0n) is 38.3. The van der Waals surface area contributed by atoms with Crippen molar-refractivity contribution in [1.82, 2.24) is 0 Å². The summed E-state index contributed by atoms with van der Waals surface area (Å²) in [6.07, 6.45) is -15.9. The Bertz CT molecular complexity index is 2680. The number of hydrogen-bond donors (Lipinski definition) is 1. The molecule has 0 spiro atoms. The van der Waals surface area contributed by atoms with E-state index in [1.807, 2.05) is 0 Å². The summed E-state index contributed by atoms with van der Waals surface area (Å²) in [5.74, 6) is -6.68. The van der Waals surface area contributed by atoms with Crippen molar-refractivity contribution >= 4 is 70.5 Å². The van der Waals surface area contributed by atoms with Gasteiger partial charge in [-0.15, -0.1) is 0 Å². The summed E-state index contributed by atoms with van der Waals surface area (Å²) >= 11 is 18.3. The quantitative estimate of drug-likeness (QED) is 0.0345. The van der Waals surface area contributed by atoms with Crippen molar-refractivity contribution < 1.29 is 76.1 Å². The van der Waals surface area contributed by atoms with Gasteiger partial charge in [-0.25, -0.2) is 24.0 Å². The number of halogens is 3. The van der Waals surface area contributed by atoms with Gasteiger partial charge in [0.1, 0.15) is 43.7 Å². The maximum absolute atomic E-state index is 14.3. The van der Waals surface area contributed by atoms with E-state index in [-0.39, 0.29) is 27.8 Å². The van der Waals surface area contributed by atoms with E-state index in [9.17, 15) is 24.0 Å². The van der Waals surface area contributed by atoms with Crippen LogP contribution in [0, 0.1) is 5.41 Å². The van der Waals surface area contributed by atoms with E-state index in [1.54, 1.807) is 117 Å². The maximum Gasteiger partial charge on any atom is 0.338 e. The van der Waals surface area contributed by atoms with Crippen LogP contribution in [0.1, 0.15) is 65.6 Å². The summed E-state index contributed by atoms with van der Waals surface area (Å²) in [4.78, 5) is 69.4. The molecule has 0 saturated carbocycles. The normalized spacial score (nSPS) is 25.4. The third kappa shape index (κ3) is 12.8. The first kappa shape index (κ1) is 51.9. The van der Waals surface area contributed by atoms with Gasteiger partial charge < -0.3 is 52.1 Å². The summed E-state index contributed by atoms with van der Waals surface area (Å²) in [6.45, 7) is 2.08. The van der Waals surface area contributed by atoms with E-state index < -0.39 is 120 Å². The Labute approximate surface area is 427 Å². The molecular formula is C52H46Cl3NO16. The Hall–Kier alpha value is -6.41. The SMILES string of the molecule is CC1(C)O[C@H]2[C@@H](O1)[C@@H](COC(=O)c1ccccc1)O[C@@H](O[C@H]1[C@H](OC(=O)c3ccccc3)[C@@H](OC(=O)c3ccccc3)C(OC(=N)C(Cl)(Cl)Cl)O[C@@H]1COC(=O)c1ccccc1)[C@@H]2OC(=O)c1ccccc1. The molecule has 3 aliphatic rings. The molecule has 1 N–H and O–H groups in total. The van der Waals surface area contributed by atoms with Crippen LogP contribution in [0.2, 0.25) is 0 Å². The number of hydrogen-bond acceptors (Lipinski definition) is 17. The summed E-state index contributed by atoms with van der Waals surface area (Å²) in [5.41, 5.74) is 0.569. The smallest absolute Gasteiger partial charge is 0.338 e. The molecule has 1 unspecified atom stereocenters. The lowest BCUT2D eigenvalue weighted by Gasteiger charge is -2.48. The second-order valence-electron chi connectivity index (χ2n) is 16.8. The maximum atomic E-state index is 14.3. The van der Waals surface area contributed by atoms with Gasteiger partial charge in [-0.2, -0.15) is 0 Å². The van der Waals surface area contributed by atoms with Crippen molar-refractivity contribution in [2.45, 2.75) is 84.8 Å². The van der Waals surface area contributed by atoms with Crippen molar-refractivity contribution in [2.75, 3.05) is 13.2 Å². The highest BCUT2D eigenvalue weighted by atomic mass is 35.6. The lowest BCUT2D eigenvalue weighted by molar-refractivity contribution is -0.344. The average Bonchev–Trinajstić information content (AvgIpc) is 3.73. The van der Waals surface area contributed by atoms with E-state index in [4.69, 9.17) is 92.3 Å². The third-order valence-corrected chi connectivity index (χ3v) is 11.9. The predicted molar refractivity (Wildman–Crippen MR) is 256 cm³/mol. The molecule has 5 aromatic rings. The van der Waals surface area contributed by atoms with Gasteiger partial charge in [-0.3, -0.25) is 5.41 Å². The summed E-state index contributed by atoms with van der Waals surface area (Å²) in [5, 5.41) is 8.58. The van der Waals surface area contributed by atoms with Gasteiger partial charge >= 0.3 is 29.8 Å². The fourth-order valence-electron chi connectivity index (χ4n) is 8.00. The van der Waals surface area contributed by atoms with Gasteiger partial charge in [-0.1, -0.05) is 126 Å². The highest BCUT2D eigenvalue weighted by molar-refractivity contribution is 6.76. The number of benzene rings is 5. The van der Waals surface area contributed by atoms with Crippen molar-refractivity contribution in [3.8, 4) is 0 Å². The number of rotatable bonds is 15. The Morgan fingerprint density at radius 1 is 0.472 bits per heavy atom. The Kier molecular flexibility index (Phi) is 16.6. The van der Waals surface area contributed by atoms with Crippen LogP contribution in [0.5, 0.6) is 0 Å². The molecule has 3 heterocycles. The molecule has 17 nitrogen and oxygen atoms in total. The van der Waals surface area contributed by atoms with E-state index in [0.29, 0.717) is 0 Å². The Morgan fingerprint density at radius 2 is 0.833 bits per heavy atom. The molecule has 5 aromatic carbocycles. The van der Waals surface area contributed by atoms with Gasteiger partial charge in [0, 0.05) is 0 Å². The molecule has 8 rings (SSSR count). The monoisotopic (exact) mass is 1050 g/mol. The van der Waals surface area contributed by atoms with E-state index in [0.717, 1.165) is 0 Å². The zero-order chi connectivity index (χ0) is 51.0. The minimum atomic E-state index is -2.51. The summed E-state index contributed by atoms with van der Waals surface area (Å²) in [6, 6.07) is 39.6. The molecular weight excluding hydrogens is 1000 g/mol. The van der Waals surface area contributed by atoms with Gasteiger partial charge in [0.05, 0.1) is 27.8 Å². The van der Waals surface area contributed by atoms with Gasteiger partial charge in [0.25, 0.3) is 3.79 Å². The highest BCUT2D eigenvalue weighted by Gasteiger charge is 2.61. The average molecular weight is 1050 g/mol. The van der Waals surface area contributed by atoms with Gasteiger partial charge in [0.15, 0.2) is 24.3 Å². The summed E-state index contributed by atoms with van der Waals surface area (Å²) in [7, 11) is 0. The number of ether oxygens (including phenoxy) is 11. The van der Waals surface area contributed by atoms with Crippen LogP contribution in [0.15, 0.2) is 152 Å². The van der Waals surface area contributed by atoms with Gasteiger partial charge in [0.2, 0.25) is 18.3 Å². The van der Waals surface area contributed by atoms with Crippen LogP contribution in [0.25, 0.3) is 0 Å². The molecule has 0 aromatic heterocycles. The fourth-order valence-corrected chi connectivity index (χ4v) is 8.14. The molecule has 3 saturated heterocycles. The van der Waals surface area contributed by atoms with Crippen LogP contribution in [-0.4, -0.2) is 120 Å². The molecule has 3 fully saturated rings. The van der Waals surface area contributed by atoms with Crippen molar-refractivity contribution in [1.29, 1.82) is 5.41 Å². The number of alkyl halides is 3. The number of nitrogens with one attached hydrogen (secondary N) is 1. The predicted octanol–water partition coefficient (Wildman–Crippen LogP) is 8.10. The molecule has 0 amide bonds. The number of esters is 5. The van der Waals surface area contributed by atoms with Crippen LogP contribution in [0.4, 0.5) is 0 Å². The number of carbonyl (C=O) groups excluding carboxylic acids is 5. The van der Waals surface area contributed by atoms with Crippen LogP contribution >= 0.6 is 34.8 Å². The standard InChI is InChI=1S/C52H46Cl3NO16/c1-51(2)71-38-36(29-63-44(58)31-20-10-4-11-21-31)65-48(42(40(38)72-51)68-47(61)34-26-16-7-17-27-34)69-37-35(28-62-43(57)30-18-8-3-9-19-30)64-49(70-50(56)52(53,54)55)41(67-46(60)33-24-14-6-15-25-33)39(37)66-45(59)32-22-12-5-13-23-32/h3-27,35-42,48-49,56H,28-29H2,1-2H3/t35-,36-,37-,38+,39+,40+,41-,42-,48+,49?/m1/s1. The second kappa shape index (κ2) is 23.0. The first-order valence-corrected chi connectivity index (χ1v) is 23.5. The molecule has 0 aliphatic carbocycles. The van der Waals surface area contributed by atoms with Crippen molar-refractivity contribution in [3.05, 3.63) is 179 Å².